The second kappa shape index (κ2) is 7.75. The lowest BCUT2D eigenvalue weighted by Crippen LogP contribution is -2.04. The van der Waals surface area contributed by atoms with Crippen LogP contribution in [0.25, 0.3) is 10.9 Å². The molecule has 0 unspecified atom stereocenters. The topological polar surface area (TPSA) is 94.1 Å². The average Bonchev–Trinajstić information content (AvgIpc) is 2.74. The quantitative estimate of drug-likeness (QED) is 0.524. The third kappa shape index (κ3) is 3.61. The van der Waals surface area contributed by atoms with Crippen LogP contribution >= 0.6 is 0 Å². The number of anilines is 4. The van der Waals surface area contributed by atoms with Crippen LogP contribution in [0.15, 0.2) is 61.1 Å². The van der Waals surface area contributed by atoms with Crippen LogP contribution in [0.4, 0.5) is 23.3 Å². The minimum Gasteiger partial charge on any atom is -0.493 e. The van der Waals surface area contributed by atoms with E-state index in [-0.39, 0.29) is 0 Å². The van der Waals surface area contributed by atoms with E-state index in [4.69, 9.17) is 9.47 Å². The number of nitrogens with zero attached hydrogens (tertiary/aromatic N) is 4. The first-order chi connectivity index (χ1) is 13.8. The Morgan fingerprint density at radius 3 is 2.36 bits per heavy atom. The first kappa shape index (κ1) is 17.5. The van der Waals surface area contributed by atoms with E-state index in [0.29, 0.717) is 34.6 Å². The number of fused-ring (bicyclic) bond motifs is 1. The summed E-state index contributed by atoms with van der Waals surface area (Å²) in [7, 11) is 3.19. The highest BCUT2D eigenvalue weighted by molar-refractivity contribution is 5.94. The summed E-state index contributed by atoms with van der Waals surface area (Å²) in [6, 6.07) is 15.2. The maximum atomic E-state index is 5.43. The Hall–Kier alpha value is -3.94. The molecule has 0 amide bonds. The Morgan fingerprint density at radius 1 is 0.857 bits per heavy atom. The average molecular weight is 374 g/mol. The summed E-state index contributed by atoms with van der Waals surface area (Å²) in [5.74, 6) is 2.82. The van der Waals surface area contributed by atoms with Crippen LogP contribution in [-0.2, 0) is 0 Å². The Bertz CT molecular complexity index is 1090. The van der Waals surface area contributed by atoms with Crippen LogP contribution < -0.4 is 20.1 Å². The number of nitrogens with one attached hydrogen (secondary N) is 2. The highest BCUT2D eigenvalue weighted by Gasteiger charge is 2.14. The number of aromatic nitrogens is 4. The van der Waals surface area contributed by atoms with Crippen molar-refractivity contribution in [1.82, 2.24) is 19.9 Å². The van der Waals surface area contributed by atoms with Crippen LogP contribution in [-0.4, -0.2) is 34.2 Å². The molecule has 4 aromatic rings. The second-order valence-corrected chi connectivity index (χ2v) is 5.83. The molecule has 0 aliphatic heterocycles. The summed E-state index contributed by atoms with van der Waals surface area (Å²) in [4.78, 5) is 17.3. The Balaban J connectivity index is 1.84. The molecule has 0 spiro atoms. The van der Waals surface area contributed by atoms with Crippen molar-refractivity contribution in [3.8, 4) is 11.5 Å². The third-order valence-electron chi connectivity index (χ3n) is 4.06. The zero-order valence-electron chi connectivity index (χ0n) is 15.4. The summed E-state index contributed by atoms with van der Waals surface area (Å²) in [6.45, 7) is 0. The molecule has 0 saturated heterocycles. The summed E-state index contributed by atoms with van der Waals surface area (Å²) in [5.41, 5.74) is 1.60. The standard InChI is InChI=1S/C20H18N6O2/c1-27-16-10-14-15(11-17(16)28-2)24-20(25-18-8-9-21-12-22-18)26-19(14)23-13-6-4-3-5-7-13/h3-12H,1-2H3,(H2,21,22,23,24,25,26). The molecule has 0 saturated carbocycles. The molecule has 28 heavy (non-hydrogen) atoms. The van der Waals surface area contributed by atoms with E-state index in [2.05, 4.69) is 30.6 Å². The molecular weight excluding hydrogens is 356 g/mol. The van der Waals surface area contributed by atoms with Crippen molar-refractivity contribution in [3.63, 3.8) is 0 Å². The molecule has 2 aromatic heterocycles. The van der Waals surface area contributed by atoms with Gasteiger partial charge in [-0.3, -0.25) is 0 Å². The molecule has 140 valence electrons. The van der Waals surface area contributed by atoms with Crippen LogP contribution in [0.1, 0.15) is 0 Å². The van der Waals surface area contributed by atoms with Gasteiger partial charge in [-0.1, -0.05) is 18.2 Å². The summed E-state index contributed by atoms with van der Waals surface area (Å²) < 4.78 is 10.8. The minimum atomic E-state index is 0.400. The fraction of sp³-hybridized carbons (Fsp3) is 0.100. The largest absolute Gasteiger partial charge is 0.493 e. The van der Waals surface area contributed by atoms with Gasteiger partial charge in [-0.15, -0.1) is 0 Å². The van der Waals surface area contributed by atoms with Crippen molar-refractivity contribution >= 4 is 34.2 Å². The number of hydrogen-bond donors (Lipinski definition) is 2. The third-order valence-corrected chi connectivity index (χ3v) is 4.06. The second-order valence-electron chi connectivity index (χ2n) is 5.83. The van der Waals surface area contributed by atoms with Gasteiger partial charge in [0.05, 0.1) is 19.7 Å². The SMILES string of the molecule is COc1cc2nc(Nc3ccncn3)nc(Nc3ccccc3)c2cc1OC. The predicted molar refractivity (Wildman–Crippen MR) is 108 cm³/mol. The van der Waals surface area contributed by atoms with Crippen LogP contribution in [0, 0.1) is 0 Å². The lowest BCUT2D eigenvalue weighted by molar-refractivity contribution is 0.356. The number of rotatable bonds is 6. The number of para-hydroxylation sites is 1. The Morgan fingerprint density at radius 2 is 1.64 bits per heavy atom. The van der Waals surface area contributed by atoms with Gasteiger partial charge in [0.1, 0.15) is 18.0 Å². The van der Waals surface area contributed by atoms with Gasteiger partial charge < -0.3 is 20.1 Å². The van der Waals surface area contributed by atoms with Gasteiger partial charge in [-0.25, -0.2) is 15.0 Å². The van der Waals surface area contributed by atoms with Gasteiger partial charge in [-0.2, -0.15) is 4.98 Å². The zero-order chi connectivity index (χ0) is 19.3. The van der Waals surface area contributed by atoms with E-state index in [9.17, 15) is 0 Å². The molecule has 4 rings (SSSR count). The molecule has 2 aromatic carbocycles. The number of hydrogen-bond acceptors (Lipinski definition) is 8. The van der Waals surface area contributed by atoms with E-state index in [0.717, 1.165) is 11.1 Å². The maximum Gasteiger partial charge on any atom is 0.230 e. The monoisotopic (exact) mass is 374 g/mol. The molecule has 8 heteroatoms. The van der Waals surface area contributed by atoms with Crippen molar-refractivity contribution in [1.29, 1.82) is 0 Å². The first-order valence-corrected chi connectivity index (χ1v) is 8.55. The van der Waals surface area contributed by atoms with E-state index in [1.54, 1.807) is 26.5 Å². The molecule has 0 radical (unpaired) electrons. The van der Waals surface area contributed by atoms with Gasteiger partial charge in [0.15, 0.2) is 11.5 Å². The molecular formula is C20H18N6O2. The molecule has 0 fully saturated rings. The fourth-order valence-corrected chi connectivity index (χ4v) is 2.74. The van der Waals surface area contributed by atoms with E-state index in [1.807, 2.05) is 42.5 Å². The van der Waals surface area contributed by atoms with Gasteiger partial charge >= 0.3 is 0 Å². The maximum absolute atomic E-state index is 5.43. The van der Waals surface area contributed by atoms with Crippen molar-refractivity contribution in [2.24, 2.45) is 0 Å². The number of ether oxygens (including phenoxy) is 2. The Kier molecular flexibility index (Phi) is 4.83. The fourth-order valence-electron chi connectivity index (χ4n) is 2.74. The first-order valence-electron chi connectivity index (χ1n) is 8.55. The zero-order valence-corrected chi connectivity index (χ0v) is 15.4. The molecule has 2 N–H and O–H groups in total. The lowest BCUT2D eigenvalue weighted by Gasteiger charge is -2.14. The molecule has 2 heterocycles. The molecule has 0 atom stereocenters. The van der Waals surface area contributed by atoms with Crippen LogP contribution in [0.5, 0.6) is 11.5 Å². The van der Waals surface area contributed by atoms with E-state index < -0.39 is 0 Å². The normalized spacial score (nSPS) is 10.5. The van der Waals surface area contributed by atoms with Gasteiger partial charge in [0.25, 0.3) is 0 Å². The molecule has 0 aliphatic carbocycles. The number of methoxy groups -OCH3 is 2. The Labute approximate surface area is 161 Å². The van der Waals surface area contributed by atoms with E-state index >= 15 is 0 Å². The minimum absolute atomic E-state index is 0.400. The van der Waals surface area contributed by atoms with Crippen molar-refractivity contribution < 1.29 is 9.47 Å². The van der Waals surface area contributed by atoms with Crippen LogP contribution in [0.2, 0.25) is 0 Å². The summed E-state index contributed by atoms with van der Waals surface area (Å²) in [5, 5.41) is 7.25. The predicted octanol–water partition coefficient (Wildman–Crippen LogP) is 3.92. The van der Waals surface area contributed by atoms with Crippen LogP contribution in [0.3, 0.4) is 0 Å². The molecule has 8 nitrogen and oxygen atoms in total. The summed E-state index contributed by atoms with van der Waals surface area (Å²) >= 11 is 0. The van der Waals surface area contributed by atoms with Gasteiger partial charge in [-0.05, 0) is 24.3 Å². The van der Waals surface area contributed by atoms with Crippen molar-refractivity contribution in [2.75, 3.05) is 24.9 Å². The lowest BCUT2D eigenvalue weighted by atomic mass is 10.2. The summed E-state index contributed by atoms with van der Waals surface area (Å²) in [6.07, 6.45) is 3.10. The van der Waals surface area contributed by atoms with E-state index in [1.165, 1.54) is 6.33 Å². The molecule has 0 aliphatic rings. The highest BCUT2D eigenvalue weighted by Crippen LogP contribution is 2.35. The van der Waals surface area contributed by atoms with Crippen molar-refractivity contribution in [2.45, 2.75) is 0 Å². The highest BCUT2D eigenvalue weighted by atomic mass is 16.5. The van der Waals surface area contributed by atoms with Gasteiger partial charge in [0.2, 0.25) is 5.95 Å². The smallest absolute Gasteiger partial charge is 0.230 e. The number of benzene rings is 2. The van der Waals surface area contributed by atoms with Gasteiger partial charge in [0, 0.05) is 23.3 Å². The van der Waals surface area contributed by atoms with Crippen molar-refractivity contribution in [3.05, 3.63) is 61.1 Å². The molecule has 0 bridgehead atoms.